The van der Waals surface area contributed by atoms with Crippen LogP contribution in [0.25, 0.3) is 21.8 Å². The molecule has 3 aromatic carbocycles. The summed E-state index contributed by atoms with van der Waals surface area (Å²) in [5.41, 5.74) is 1.78. The van der Waals surface area contributed by atoms with Crippen molar-refractivity contribution < 1.29 is 25.8 Å². The van der Waals surface area contributed by atoms with Crippen molar-refractivity contribution in [2.75, 3.05) is 19.3 Å². The van der Waals surface area contributed by atoms with Gasteiger partial charge in [-0.25, -0.2) is 13.4 Å². The topological polar surface area (TPSA) is 139 Å². The molecule has 12 heteroatoms. The van der Waals surface area contributed by atoms with E-state index in [9.17, 15) is 21.6 Å². The summed E-state index contributed by atoms with van der Waals surface area (Å²) >= 11 is 0. The number of nitrogens with one attached hydrogen (secondary N) is 1. The van der Waals surface area contributed by atoms with E-state index in [1.807, 2.05) is 0 Å². The Balaban J connectivity index is 1.15. The summed E-state index contributed by atoms with van der Waals surface area (Å²) in [4.78, 5) is 27.0. The number of carbonyl (C=O) groups is 1. The van der Waals surface area contributed by atoms with Gasteiger partial charge in [-0.3, -0.25) is 9.78 Å². The number of aromatic nitrogens is 3. The third-order valence-corrected chi connectivity index (χ3v) is 9.72. The molecule has 0 radical (unpaired) electrons. The predicted octanol–water partition coefficient (Wildman–Crippen LogP) is 4.30. The van der Waals surface area contributed by atoms with E-state index in [4.69, 9.17) is 9.17 Å². The molecule has 0 aliphatic carbocycles. The molecule has 0 atom stereocenters. The highest BCUT2D eigenvalue weighted by Gasteiger charge is 2.27. The van der Waals surface area contributed by atoms with Gasteiger partial charge in [0, 0.05) is 60.1 Å². The van der Waals surface area contributed by atoms with Crippen LogP contribution in [0.15, 0.2) is 88.9 Å². The van der Waals surface area contributed by atoms with Gasteiger partial charge >= 0.3 is 10.1 Å². The zero-order valence-corrected chi connectivity index (χ0v) is 23.7. The number of fused-ring (bicyclic) bond motifs is 2. The van der Waals surface area contributed by atoms with Crippen molar-refractivity contribution in [3.05, 3.63) is 90.5 Å². The minimum Gasteiger partial charge on any atom is -0.379 e. The molecule has 1 amide bonds. The lowest BCUT2D eigenvalue weighted by Crippen LogP contribution is -2.38. The molecule has 3 heterocycles. The van der Waals surface area contributed by atoms with Gasteiger partial charge < -0.3 is 14.1 Å². The van der Waals surface area contributed by atoms with Crippen LogP contribution >= 0.6 is 0 Å². The number of amides is 1. The number of hydrogen-bond acceptors (Lipinski definition) is 8. The van der Waals surface area contributed by atoms with Gasteiger partial charge in [0.25, 0.3) is 5.91 Å². The van der Waals surface area contributed by atoms with Crippen molar-refractivity contribution >= 4 is 47.7 Å². The fourth-order valence-corrected chi connectivity index (χ4v) is 6.90. The summed E-state index contributed by atoms with van der Waals surface area (Å²) in [6, 6.07) is 17.5. The molecule has 1 aliphatic heterocycles. The summed E-state index contributed by atoms with van der Waals surface area (Å²) < 4.78 is 55.1. The van der Waals surface area contributed by atoms with Crippen molar-refractivity contribution in [2.24, 2.45) is 0 Å². The second-order valence-electron chi connectivity index (χ2n) is 10.1. The lowest BCUT2D eigenvalue weighted by atomic mass is 9.95. The van der Waals surface area contributed by atoms with Gasteiger partial charge in [0.1, 0.15) is 16.5 Å². The molecule has 41 heavy (non-hydrogen) atoms. The molecule has 5 aromatic rings. The Morgan fingerprint density at radius 1 is 0.976 bits per heavy atom. The number of pyridine rings is 1. The van der Waals surface area contributed by atoms with Crippen LogP contribution in [-0.2, 0) is 20.0 Å². The Morgan fingerprint density at radius 2 is 1.73 bits per heavy atom. The van der Waals surface area contributed by atoms with Crippen LogP contribution in [-0.4, -0.2) is 61.9 Å². The molecule has 2 aromatic heterocycles. The highest BCUT2D eigenvalue weighted by Crippen LogP contribution is 2.31. The first-order valence-electron chi connectivity index (χ1n) is 12.9. The predicted molar refractivity (Wildman–Crippen MR) is 153 cm³/mol. The molecule has 10 nitrogen and oxygen atoms in total. The normalized spacial score (nSPS) is 14.9. The number of imidazole rings is 1. The van der Waals surface area contributed by atoms with Crippen molar-refractivity contribution in [3.63, 3.8) is 0 Å². The van der Waals surface area contributed by atoms with Crippen LogP contribution in [0, 0.1) is 0 Å². The highest BCUT2D eigenvalue weighted by atomic mass is 32.2. The molecular weight excluding hydrogens is 564 g/mol. The quantitative estimate of drug-likeness (QED) is 0.289. The number of H-pyrrole nitrogens is 1. The average Bonchev–Trinajstić information content (AvgIpc) is 3.39. The molecule has 210 valence electrons. The van der Waals surface area contributed by atoms with Crippen LogP contribution < -0.4 is 4.18 Å². The number of carbonyl (C=O) groups excluding carboxylic acids is 1. The standard InChI is InChI=1S/C29H26N4O6S2/c1-40(35,36)23-8-5-20(6-9-23)29(34)33-15-12-19(13-16-33)28-31-25-10-7-22(17-26(25)32-28)39-41(37,38)27-4-2-3-21-18-30-14-11-24(21)27/h2-11,14,17-19H,12-13,15-16H2,1H3,(H,31,32). The molecule has 0 saturated carbocycles. The van der Waals surface area contributed by atoms with Gasteiger partial charge in [0.15, 0.2) is 9.84 Å². The zero-order chi connectivity index (χ0) is 28.8. The van der Waals surface area contributed by atoms with E-state index in [0.717, 1.165) is 12.1 Å². The van der Waals surface area contributed by atoms with E-state index in [-0.39, 0.29) is 27.4 Å². The van der Waals surface area contributed by atoms with E-state index in [0.29, 0.717) is 53.3 Å². The molecule has 1 N–H and O–H groups in total. The summed E-state index contributed by atoms with van der Waals surface area (Å²) in [6.45, 7) is 1.06. The van der Waals surface area contributed by atoms with Gasteiger partial charge in [0.2, 0.25) is 0 Å². The second-order valence-corrected chi connectivity index (χ2v) is 13.6. The Kier molecular flexibility index (Phi) is 6.74. The van der Waals surface area contributed by atoms with Crippen LogP contribution in [0.5, 0.6) is 5.75 Å². The Bertz CT molecular complexity index is 1990. The summed E-state index contributed by atoms with van der Waals surface area (Å²) in [5.74, 6) is 0.891. The molecule has 1 aliphatic rings. The molecule has 1 saturated heterocycles. The van der Waals surface area contributed by atoms with Crippen LogP contribution in [0.4, 0.5) is 0 Å². The van der Waals surface area contributed by atoms with Gasteiger partial charge in [-0.05, 0) is 61.4 Å². The van der Waals surface area contributed by atoms with E-state index < -0.39 is 20.0 Å². The zero-order valence-electron chi connectivity index (χ0n) is 22.0. The number of benzene rings is 3. The second kappa shape index (κ2) is 10.3. The van der Waals surface area contributed by atoms with Crippen molar-refractivity contribution in [1.29, 1.82) is 0 Å². The largest absolute Gasteiger partial charge is 0.379 e. The maximum absolute atomic E-state index is 13.1. The molecule has 0 bridgehead atoms. The first-order chi connectivity index (χ1) is 19.6. The summed E-state index contributed by atoms with van der Waals surface area (Å²) in [6.07, 6.45) is 5.66. The van der Waals surface area contributed by atoms with Gasteiger partial charge in [-0.15, -0.1) is 0 Å². The van der Waals surface area contributed by atoms with E-state index in [2.05, 4.69) is 9.97 Å². The SMILES string of the molecule is CS(=O)(=O)c1ccc(C(=O)N2CCC(c3nc4ccc(OS(=O)(=O)c5cccc6cnccc56)cc4[nH]3)CC2)cc1. The minimum atomic E-state index is -4.10. The number of nitrogens with zero attached hydrogens (tertiary/aromatic N) is 3. The average molecular weight is 591 g/mol. The number of piperidine rings is 1. The van der Waals surface area contributed by atoms with Crippen molar-refractivity contribution in [3.8, 4) is 5.75 Å². The first kappa shape index (κ1) is 26.9. The molecule has 6 rings (SSSR count). The fourth-order valence-electron chi connectivity index (χ4n) is 5.12. The summed E-state index contributed by atoms with van der Waals surface area (Å²) in [5, 5.41) is 1.23. The minimum absolute atomic E-state index is 0.0652. The summed E-state index contributed by atoms with van der Waals surface area (Å²) in [7, 11) is -7.43. The molecule has 1 fully saturated rings. The smallest absolute Gasteiger partial charge is 0.339 e. The number of sulfone groups is 1. The number of rotatable bonds is 6. The van der Waals surface area contributed by atoms with E-state index in [1.54, 1.807) is 59.6 Å². The van der Waals surface area contributed by atoms with Crippen LogP contribution in [0.1, 0.15) is 34.9 Å². The Hall–Kier alpha value is -4.29. The van der Waals surface area contributed by atoms with Crippen LogP contribution in [0.3, 0.4) is 0 Å². The Morgan fingerprint density at radius 3 is 2.46 bits per heavy atom. The lowest BCUT2D eigenvalue weighted by Gasteiger charge is -2.31. The highest BCUT2D eigenvalue weighted by molar-refractivity contribution is 7.90. The molecule has 0 spiro atoms. The van der Waals surface area contributed by atoms with E-state index >= 15 is 0 Å². The van der Waals surface area contributed by atoms with Crippen molar-refractivity contribution in [2.45, 2.75) is 28.6 Å². The first-order valence-corrected chi connectivity index (χ1v) is 16.2. The molecule has 0 unspecified atom stereocenters. The third-order valence-electron chi connectivity index (χ3n) is 7.29. The third kappa shape index (κ3) is 5.40. The van der Waals surface area contributed by atoms with Gasteiger partial charge in [-0.1, -0.05) is 12.1 Å². The van der Waals surface area contributed by atoms with Crippen molar-refractivity contribution in [1.82, 2.24) is 19.9 Å². The monoisotopic (exact) mass is 590 g/mol. The molecular formula is C29H26N4O6S2. The maximum atomic E-state index is 13.1. The number of likely N-dealkylation sites (tertiary alicyclic amines) is 1. The maximum Gasteiger partial charge on any atom is 0.339 e. The number of aromatic amines is 1. The van der Waals surface area contributed by atoms with Gasteiger partial charge in [-0.2, -0.15) is 8.42 Å². The van der Waals surface area contributed by atoms with Gasteiger partial charge in [0.05, 0.1) is 15.9 Å². The fraction of sp³-hybridized carbons (Fsp3) is 0.207. The number of hydrogen-bond donors (Lipinski definition) is 1. The van der Waals surface area contributed by atoms with Crippen LogP contribution in [0.2, 0.25) is 0 Å². The Labute approximate surface area is 237 Å². The van der Waals surface area contributed by atoms with E-state index in [1.165, 1.54) is 24.4 Å². The lowest BCUT2D eigenvalue weighted by molar-refractivity contribution is 0.0711.